The highest BCUT2D eigenvalue weighted by molar-refractivity contribution is 7.18. The van der Waals surface area contributed by atoms with Crippen molar-refractivity contribution >= 4 is 45.0 Å². The highest BCUT2D eigenvalue weighted by Crippen LogP contribution is 2.24. The van der Waals surface area contributed by atoms with Gasteiger partial charge in [0.05, 0.1) is 15.2 Å². The molecule has 90 valence electrons. The average molecular weight is 271 g/mol. The molecule has 0 spiro atoms. The number of thiazole rings is 1. The molecular formula is C15H13NS2. The molecule has 3 aromatic rings. The van der Waals surface area contributed by atoms with Crippen molar-refractivity contribution in [1.82, 2.24) is 4.98 Å². The van der Waals surface area contributed by atoms with Gasteiger partial charge >= 0.3 is 0 Å². The smallest absolute Gasteiger partial charge is 0.0907 e. The van der Waals surface area contributed by atoms with Crippen molar-refractivity contribution in [3.63, 3.8) is 0 Å². The Morgan fingerprint density at radius 2 is 1.89 bits per heavy atom. The Labute approximate surface area is 114 Å². The van der Waals surface area contributed by atoms with Crippen molar-refractivity contribution in [1.29, 1.82) is 0 Å². The summed E-state index contributed by atoms with van der Waals surface area (Å²) in [7, 11) is 0. The maximum absolute atomic E-state index is 4.47. The number of thiophene rings is 1. The van der Waals surface area contributed by atoms with Crippen LogP contribution in [0.4, 0.5) is 0 Å². The van der Waals surface area contributed by atoms with Crippen LogP contribution in [0.1, 0.15) is 20.3 Å². The van der Waals surface area contributed by atoms with Crippen LogP contribution in [0.5, 0.6) is 0 Å². The summed E-state index contributed by atoms with van der Waals surface area (Å²) in [5, 5.41) is 1.13. The van der Waals surface area contributed by atoms with E-state index in [2.05, 4.69) is 61.3 Å². The fourth-order valence-electron chi connectivity index (χ4n) is 1.88. The second-order valence-corrected chi connectivity index (χ2v) is 6.80. The second kappa shape index (κ2) is 4.67. The van der Waals surface area contributed by atoms with E-state index < -0.39 is 0 Å². The monoisotopic (exact) mass is 271 g/mol. The van der Waals surface area contributed by atoms with Gasteiger partial charge in [0.1, 0.15) is 0 Å². The van der Waals surface area contributed by atoms with E-state index in [-0.39, 0.29) is 0 Å². The SMILES string of the molecule is Cc1ccc(/C=C/c2ccc3nc(C)sc3c2)s1. The topological polar surface area (TPSA) is 12.9 Å². The van der Waals surface area contributed by atoms with E-state index in [1.807, 2.05) is 11.3 Å². The molecule has 0 N–H and O–H groups in total. The molecule has 3 heteroatoms. The molecule has 0 fully saturated rings. The largest absolute Gasteiger partial charge is 0.242 e. The van der Waals surface area contributed by atoms with Crippen LogP contribution in [0.3, 0.4) is 0 Å². The van der Waals surface area contributed by atoms with Crippen molar-refractivity contribution in [2.75, 3.05) is 0 Å². The Balaban J connectivity index is 1.92. The molecule has 2 heterocycles. The zero-order chi connectivity index (χ0) is 12.5. The summed E-state index contributed by atoms with van der Waals surface area (Å²) < 4.78 is 1.26. The first kappa shape index (κ1) is 11.6. The van der Waals surface area contributed by atoms with Gasteiger partial charge in [-0.3, -0.25) is 0 Å². The van der Waals surface area contributed by atoms with Crippen molar-refractivity contribution in [2.24, 2.45) is 0 Å². The summed E-state index contributed by atoms with van der Waals surface area (Å²) in [6.07, 6.45) is 4.34. The van der Waals surface area contributed by atoms with Gasteiger partial charge in [0.2, 0.25) is 0 Å². The van der Waals surface area contributed by atoms with Gasteiger partial charge in [0.25, 0.3) is 0 Å². The summed E-state index contributed by atoms with van der Waals surface area (Å²) in [4.78, 5) is 7.12. The van der Waals surface area contributed by atoms with E-state index in [1.54, 1.807) is 11.3 Å². The number of benzene rings is 1. The van der Waals surface area contributed by atoms with Gasteiger partial charge in [-0.1, -0.05) is 12.1 Å². The zero-order valence-corrected chi connectivity index (χ0v) is 11.9. The molecule has 2 aromatic heterocycles. The van der Waals surface area contributed by atoms with Gasteiger partial charge in [-0.2, -0.15) is 0 Å². The lowest BCUT2D eigenvalue weighted by atomic mass is 10.2. The van der Waals surface area contributed by atoms with Crippen LogP contribution in [0.15, 0.2) is 30.3 Å². The van der Waals surface area contributed by atoms with Crippen molar-refractivity contribution in [2.45, 2.75) is 13.8 Å². The molecule has 1 nitrogen and oxygen atoms in total. The number of rotatable bonds is 2. The molecular weight excluding hydrogens is 258 g/mol. The Hall–Kier alpha value is -1.45. The lowest BCUT2D eigenvalue weighted by Gasteiger charge is -1.92. The molecule has 0 amide bonds. The van der Waals surface area contributed by atoms with E-state index in [1.165, 1.54) is 20.0 Å². The molecule has 3 rings (SSSR count). The van der Waals surface area contributed by atoms with Gasteiger partial charge in [-0.05, 0) is 49.8 Å². The highest BCUT2D eigenvalue weighted by Gasteiger charge is 2.00. The molecule has 0 aliphatic rings. The molecule has 0 saturated carbocycles. The first-order valence-corrected chi connectivity index (χ1v) is 7.46. The maximum atomic E-state index is 4.47. The molecule has 0 unspecified atom stereocenters. The van der Waals surface area contributed by atoms with Crippen molar-refractivity contribution in [3.05, 3.63) is 50.7 Å². The van der Waals surface area contributed by atoms with Gasteiger partial charge in [-0.15, -0.1) is 22.7 Å². The third-order valence-electron chi connectivity index (χ3n) is 2.72. The number of hydrogen-bond acceptors (Lipinski definition) is 3. The summed E-state index contributed by atoms with van der Waals surface area (Å²) in [6.45, 7) is 4.18. The molecule has 1 aromatic carbocycles. The van der Waals surface area contributed by atoms with Crippen LogP contribution < -0.4 is 0 Å². The lowest BCUT2D eigenvalue weighted by Crippen LogP contribution is -1.72. The standard InChI is InChI=1S/C15H13NS2/c1-10-3-6-13(17-10)7-4-12-5-8-14-15(9-12)18-11(2)16-14/h3-9H,1-2H3/b7-4+. The van der Waals surface area contributed by atoms with Gasteiger partial charge in [0.15, 0.2) is 0 Å². The third kappa shape index (κ3) is 2.37. The van der Waals surface area contributed by atoms with Crippen LogP contribution >= 0.6 is 22.7 Å². The molecule has 18 heavy (non-hydrogen) atoms. The van der Waals surface area contributed by atoms with Gasteiger partial charge in [-0.25, -0.2) is 4.98 Å². The van der Waals surface area contributed by atoms with E-state index in [0.717, 1.165) is 10.5 Å². The fourth-order valence-corrected chi connectivity index (χ4v) is 3.54. The van der Waals surface area contributed by atoms with Crippen LogP contribution in [0.25, 0.3) is 22.4 Å². The number of nitrogens with zero attached hydrogens (tertiary/aromatic N) is 1. The molecule has 0 atom stereocenters. The number of aromatic nitrogens is 1. The first-order chi connectivity index (χ1) is 8.70. The summed E-state index contributed by atoms with van der Waals surface area (Å²) in [5.74, 6) is 0. The molecule has 0 radical (unpaired) electrons. The van der Waals surface area contributed by atoms with Crippen LogP contribution in [-0.2, 0) is 0 Å². The predicted molar refractivity (Wildman–Crippen MR) is 82.3 cm³/mol. The van der Waals surface area contributed by atoms with E-state index in [4.69, 9.17) is 0 Å². The van der Waals surface area contributed by atoms with Crippen LogP contribution in [0.2, 0.25) is 0 Å². The number of fused-ring (bicyclic) bond motifs is 1. The van der Waals surface area contributed by atoms with E-state index >= 15 is 0 Å². The van der Waals surface area contributed by atoms with Gasteiger partial charge < -0.3 is 0 Å². The maximum Gasteiger partial charge on any atom is 0.0907 e. The molecule has 0 aliphatic heterocycles. The van der Waals surface area contributed by atoms with Crippen LogP contribution in [0, 0.1) is 13.8 Å². The Kier molecular flexibility index (Phi) is 3.02. The van der Waals surface area contributed by atoms with Gasteiger partial charge in [0, 0.05) is 9.75 Å². The Bertz CT molecular complexity index is 719. The second-order valence-electron chi connectivity index (χ2n) is 4.24. The minimum absolute atomic E-state index is 1.10. The minimum Gasteiger partial charge on any atom is -0.242 e. The normalized spacial score (nSPS) is 11.7. The fraction of sp³-hybridized carbons (Fsp3) is 0.133. The molecule has 0 aliphatic carbocycles. The third-order valence-corrected chi connectivity index (χ3v) is 4.62. The van der Waals surface area contributed by atoms with Crippen molar-refractivity contribution < 1.29 is 0 Å². The zero-order valence-electron chi connectivity index (χ0n) is 10.3. The summed E-state index contributed by atoms with van der Waals surface area (Å²) in [6, 6.07) is 10.7. The van der Waals surface area contributed by atoms with E-state index in [9.17, 15) is 0 Å². The minimum atomic E-state index is 1.10. The number of aryl methyl sites for hydroxylation is 2. The summed E-state index contributed by atoms with van der Waals surface area (Å²) >= 11 is 3.57. The Morgan fingerprint density at radius 1 is 1.00 bits per heavy atom. The number of hydrogen-bond donors (Lipinski definition) is 0. The first-order valence-electron chi connectivity index (χ1n) is 5.82. The lowest BCUT2D eigenvalue weighted by molar-refractivity contribution is 1.35. The quantitative estimate of drug-likeness (QED) is 0.628. The highest BCUT2D eigenvalue weighted by atomic mass is 32.1. The molecule has 0 bridgehead atoms. The average Bonchev–Trinajstić information content (AvgIpc) is 2.90. The van der Waals surface area contributed by atoms with Crippen molar-refractivity contribution in [3.8, 4) is 0 Å². The Morgan fingerprint density at radius 3 is 2.67 bits per heavy atom. The summed E-state index contributed by atoms with van der Waals surface area (Å²) in [5.41, 5.74) is 2.33. The molecule has 0 saturated heterocycles. The predicted octanol–water partition coefficient (Wildman–Crippen LogP) is 5.15. The van der Waals surface area contributed by atoms with Crippen LogP contribution in [-0.4, -0.2) is 4.98 Å². The van der Waals surface area contributed by atoms with E-state index in [0.29, 0.717) is 0 Å².